The van der Waals surface area contributed by atoms with Crippen molar-refractivity contribution in [3.8, 4) is 0 Å². The summed E-state index contributed by atoms with van der Waals surface area (Å²) in [6.45, 7) is 0.285. The van der Waals surface area contributed by atoms with Crippen LogP contribution in [0.25, 0.3) is 0 Å². The monoisotopic (exact) mass is 245 g/mol. The topological polar surface area (TPSA) is 63.2 Å². The number of aromatic nitrogens is 2. The molecular weight excluding hydrogens is 238 g/mol. The Labute approximate surface area is 101 Å². The van der Waals surface area contributed by atoms with E-state index in [-0.39, 0.29) is 29.7 Å². The highest BCUT2D eigenvalue weighted by atomic mass is 32.1. The number of hydrogen-bond acceptors (Lipinski definition) is 5. The molecule has 0 saturated carbocycles. The zero-order valence-corrected chi connectivity index (χ0v) is 9.48. The van der Waals surface area contributed by atoms with Crippen molar-refractivity contribution in [1.29, 1.82) is 0 Å². The summed E-state index contributed by atoms with van der Waals surface area (Å²) in [4.78, 5) is 33.8. The summed E-state index contributed by atoms with van der Waals surface area (Å²) in [5.41, 5.74) is 0.295. The number of nitrogens with zero attached hydrogens (tertiary/aromatic N) is 3. The Bertz CT molecular complexity index is 560. The first kappa shape index (κ1) is 10.1. The Balaban J connectivity index is 1.95. The van der Waals surface area contributed by atoms with Gasteiger partial charge in [-0.25, -0.2) is 9.97 Å². The second-order valence-electron chi connectivity index (χ2n) is 3.53. The van der Waals surface area contributed by atoms with Crippen molar-refractivity contribution in [3.05, 3.63) is 46.2 Å². The fraction of sp³-hybridized carbons (Fsp3) is 0.0909. The second-order valence-corrected chi connectivity index (χ2v) is 4.56. The molecule has 2 amide bonds. The van der Waals surface area contributed by atoms with Crippen LogP contribution in [0.3, 0.4) is 0 Å². The summed E-state index contributed by atoms with van der Waals surface area (Å²) < 4.78 is 0. The van der Waals surface area contributed by atoms with Gasteiger partial charge in [0.15, 0.2) is 11.4 Å². The van der Waals surface area contributed by atoms with E-state index in [1.165, 1.54) is 28.6 Å². The lowest BCUT2D eigenvalue weighted by Crippen LogP contribution is -2.28. The van der Waals surface area contributed by atoms with E-state index in [0.717, 1.165) is 4.88 Å². The maximum atomic E-state index is 11.9. The maximum Gasteiger partial charge on any atom is 0.282 e. The Kier molecular flexibility index (Phi) is 2.22. The summed E-state index contributed by atoms with van der Waals surface area (Å²) in [7, 11) is 0. The van der Waals surface area contributed by atoms with E-state index >= 15 is 0 Å². The highest BCUT2D eigenvalue weighted by molar-refractivity contribution is 7.09. The number of fused-ring (bicyclic) bond motifs is 1. The molecule has 0 fully saturated rings. The Morgan fingerprint density at radius 1 is 1.12 bits per heavy atom. The van der Waals surface area contributed by atoms with Gasteiger partial charge in [0.1, 0.15) is 0 Å². The van der Waals surface area contributed by atoms with Crippen LogP contribution in [-0.2, 0) is 6.54 Å². The highest BCUT2D eigenvalue weighted by Crippen LogP contribution is 2.22. The molecule has 1 aliphatic heterocycles. The first-order chi connectivity index (χ1) is 8.27. The third-order valence-corrected chi connectivity index (χ3v) is 3.35. The molecule has 2 aromatic rings. The van der Waals surface area contributed by atoms with Crippen LogP contribution in [0.15, 0.2) is 29.9 Å². The molecule has 0 unspecified atom stereocenters. The molecule has 6 heteroatoms. The van der Waals surface area contributed by atoms with Crippen molar-refractivity contribution in [3.63, 3.8) is 0 Å². The standard InChI is InChI=1S/C11H7N3O2S/c15-10-8-9(13-4-3-12-8)11(16)14(10)6-7-2-1-5-17-7/h1-5H,6H2. The summed E-state index contributed by atoms with van der Waals surface area (Å²) in [5, 5.41) is 1.91. The summed E-state index contributed by atoms with van der Waals surface area (Å²) in [5.74, 6) is -0.738. The minimum absolute atomic E-state index is 0.147. The minimum Gasteiger partial charge on any atom is -0.267 e. The van der Waals surface area contributed by atoms with Crippen molar-refractivity contribution >= 4 is 23.2 Å². The third kappa shape index (κ3) is 1.53. The third-order valence-electron chi connectivity index (χ3n) is 2.49. The van der Waals surface area contributed by atoms with Gasteiger partial charge in [-0.3, -0.25) is 14.5 Å². The molecule has 0 saturated heterocycles. The summed E-state index contributed by atoms with van der Waals surface area (Å²) in [6, 6.07) is 3.77. The molecule has 0 N–H and O–H groups in total. The molecule has 0 spiro atoms. The molecule has 0 aliphatic carbocycles. The van der Waals surface area contributed by atoms with Crippen LogP contribution in [0.5, 0.6) is 0 Å². The van der Waals surface area contributed by atoms with E-state index in [1.807, 2.05) is 17.5 Å². The van der Waals surface area contributed by atoms with Gasteiger partial charge in [0.25, 0.3) is 11.8 Å². The van der Waals surface area contributed by atoms with E-state index in [9.17, 15) is 9.59 Å². The van der Waals surface area contributed by atoms with Crippen molar-refractivity contribution in [1.82, 2.24) is 14.9 Å². The van der Waals surface area contributed by atoms with Crippen molar-refractivity contribution in [2.24, 2.45) is 0 Å². The molecule has 2 aromatic heterocycles. The predicted molar refractivity (Wildman–Crippen MR) is 60.6 cm³/mol. The average Bonchev–Trinajstić information content (AvgIpc) is 2.94. The van der Waals surface area contributed by atoms with Crippen molar-refractivity contribution in [2.75, 3.05) is 0 Å². The van der Waals surface area contributed by atoms with Gasteiger partial charge in [0, 0.05) is 17.3 Å². The zero-order valence-electron chi connectivity index (χ0n) is 8.66. The van der Waals surface area contributed by atoms with E-state index in [4.69, 9.17) is 0 Å². The molecule has 0 bridgehead atoms. The lowest BCUT2D eigenvalue weighted by molar-refractivity contribution is 0.0640. The van der Waals surface area contributed by atoms with Gasteiger partial charge < -0.3 is 0 Å². The molecule has 5 nitrogen and oxygen atoms in total. The van der Waals surface area contributed by atoms with E-state index < -0.39 is 0 Å². The average molecular weight is 245 g/mol. The Morgan fingerprint density at radius 3 is 2.29 bits per heavy atom. The number of thiophene rings is 1. The lowest BCUT2D eigenvalue weighted by atomic mass is 10.3. The van der Waals surface area contributed by atoms with E-state index in [2.05, 4.69) is 9.97 Å². The molecule has 0 aromatic carbocycles. The van der Waals surface area contributed by atoms with Gasteiger partial charge in [-0.2, -0.15) is 0 Å². The smallest absolute Gasteiger partial charge is 0.267 e. The van der Waals surface area contributed by atoms with Crippen molar-refractivity contribution in [2.45, 2.75) is 6.54 Å². The summed E-state index contributed by atoms with van der Waals surface area (Å²) in [6.07, 6.45) is 2.83. The molecule has 1 aliphatic rings. The van der Waals surface area contributed by atoms with E-state index in [1.54, 1.807) is 0 Å². The highest BCUT2D eigenvalue weighted by Gasteiger charge is 2.38. The minimum atomic E-state index is -0.369. The van der Waals surface area contributed by atoms with Crippen LogP contribution in [0.2, 0.25) is 0 Å². The first-order valence-corrected chi connectivity index (χ1v) is 5.85. The zero-order chi connectivity index (χ0) is 11.8. The SMILES string of the molecule is O=C1c2nccnc2C(=O)N1Cc1cccs1. The van der Waals surface area contributed by atoms with Gasteiger partial charge in [-0.15, -0.1) is 11.3 Å². The number of hydrogen-bond donors (Lipinski definition) is 0. The van der Waals surface area contributed by atoms with Crippen molar-refractivity contribution < 1.29 is 9.59 Å². The molecule has 0 radical (unpaired) electrons. The number of amides is 2. The fourth-order valence-electron chi connectivity index (χ4n) is 1.70. The molecular formula is C11H7N3O2S. The van der Waals surface area contributed by atoms with Gasteiger partial charge in [0.05, 0.1) is 6.54 Å². The molecule has 3 heterocycles. The molecule has 3 rings (SSSR count). The lowest BCUT2D eigenvalue weighted by Gasteiger charge is -2.10. The fourth-order valence-corrected chi connectivity index (χ4v) is 2.39. The largest absolute Gasteiger partial charge is 0.282 e. The van der Waals surface area contributed by atoms with Gasteiger partial charge in [0.2, 0.25) is 0 Å². The van der Waals surface area contributed by atoms with Gasteiger partial charge >= 0.3 is 0 Å². The normalized spacial score (nSPS) is 14.2. The molecule has 17 heavy (non-hydrogen) atoms. The predicted octanol–water partition coefficient (Wildman–Crippen LogP) is 1.33. The maximum absolute atomic E-state index is 11.9. The van der Waals surface area contributed by atoms with Crippen LogP contribution in [-0.4, -0.2) is 26.7 Å². The van der Waals surface area contributed by atoms with Gasteiger partial charge in [-0.05, 0) is 11.4 Å². The molecule has 84 valence electrons. The van der Waals surface area contributed by atoms with Crippen LogP contribution in [0.4, 0.5) is 0 Å². The second kappa shape index (κ2) is 3.74. The Hall–Kier alpha value is -2.08. The van der Waals surface area contributed by atoms with Crippen LogP contribution >= 0.6 is 11.3 Å². The molecule has 0 atom stereocenters. The van der Waals surface area contributed by atoms with Crippen LogP contribution in [0, 0.1) is 0 Å². The summed E-state index contributed by atoms with van der Waals surface area (Å²) >= 11 is 1.51. The number of carbonyl (C=O) groups is 2. The first-order valence-electron chi connectivity index (χ1n) is 4.97. The quantitative estimate of drug-likeness (QED) is 0.749. The van der Waals surface area contributed by atoms with Gasteiger partial charge in [-0.1, -0.05) is 6.07 Å². The number of rotatable bonds is 2. The Morgan fingerprint density at radius 2 is 1.76 bits per heavy atom. The van der Waals surface area contributed by atoms with Crippen LogP contribution < -0.4 is 0 Å². The number of imide groups is 1. The van der Waals surface area contributed by atoms with E-state index in [0.29, 0.717) is 0 Å². The number of carbonyl (C=O) groups excluding carboxylic acids is 2. The van der Waals surface area contributed by atoms with Crippen LogP contribution in [0.1, 0.15) is 25.9 Å².